The van der Waals surface area contributed by atoms with Crippen molar-refractivity contribution in [3.05, 3.63) is 251 Å². The molecule has 0 saturated heterocycles. The molecule has 0 fully saturated rings. The van der Waals surface area contributed by atoms with Crippen LogP contribution in [0.4, 0.5) is 11.4 Å². The van der Waals surface area contributed by atoms with E-state index in [-0.39, 0.29) is 0 Å². The Morgan fingerprint density at radius 3 is 2.14 bits per heavy atom. The molecule has 3 aliphatic carbocycles. The molecule has 3 heteroatoms. The van der Waals surface area contributed by atoms with Crippen LogP contribution in [0.15, 0.2) is 228 Å². The van der Waals surface area contributed by atoms with Crippen molar-refractivity contribution in [2.75, 3.05) is 4.90 Å². The number of furan rings is 1. The maximum atomic E-state index is 7.26. The van der Waals surface area contributed by atoms with Gasteiger partial charge in [0.15, 0.2) is 0 Å². The number of rotatable bonds is 7. The fraction of sp³-hybridized carbons (Fsp3) is 0.0645. The number of nitrogens with zero attached hydrogens (tertiary/aromatic N) is 1. The first-order chi connectivity index (χ1) is 32.3. The van der Waals surface area contributed by atoms with Gasteiger partial charge < -0.3 is 9.32 Å². The molecule has 1 unspecified atom stereocenters. The molecule has 65 heavy (non-hydrogen) atoms. The van der Waals surface area contributed by atoms with Crippen LogP contribution < -0.4 is 4.90 Å². The smallest absolute Gasteiger partial charge is 0.142 e. The Balaban J connectivity index is 1.11. The van der Waals surface area contributed by atoms with Crippen molar-refractivity contribution in [3.8, 4) is 23.0 Å². The summed E-state index contributed by atoms with van der Waals surface area (Å²) in [5.41, 5.74) is 16.6. The first kappa shape index (κ1) is 37.6. The number of para-hydroxylation sites is 1. The summed E-state index contributed by atoms with van der Waals surface area (Å²) in [6, 6.07) is 68.6. The van der Waals surface area contributed by atoms with Crippen LogP contribution in [0.1, 0.15) is 47.1 Å². The van der Waals surface area contributed by atoms with Crippen LogP contribution in [-0.4, -0.2) is 0 Å². The van der Waals surface area contributed by atoms with Gasteiger partial charge in [-0.05, 0) is 111 Å². The third-order valence-electron chi connectivity index (χ3n) is 13.8. The Kier molecular flexibility index (Phi) is 8.76. The number of allylic oxidation sites excluding steroid dienone is 8. The molecule has 8 aromatic carbocycles. The zero-order chi connectivity index (χ0) is 42.9. The van der Waals surface area contributed by atoms with E-state index in [9.17, 15) is 0 Å². The summed E-state index contributed by atoms with van der Waals surface area (Å²) in [7, 11) is 0. The predicted molar refractivity (Wildman–Crippen MR) is 274 cm³/mol. The molecule has 0 spiro atoms. The molecule has 0 aliphatic heterocycles. The lowest BCUT2D eigenvalue weighted by Crippen LogP contribution is -2.32. The molecule has 1 atom stereocenters. The predicted octanol–water partition coefficient (Wildman–Crippen LogP) is 16.6. The Morgan fingerprint density at radius 1 is 0.569 bits per heavy atom. The SMILES string of the molecule is C1#CCC=C2C(=C1)C(c1ccccc1)(c1c(N(C3=CC=C(c4cccc5c4sc4ccccc45)CC3)c3ccc(-c4ccccc4)cc3)ccc3c1oc1ccccc13)c1ccccc12. The van der Waals surface area contributed by atoms with Crippen LogP contribution >= 0.6 is 11.3 Å². The monoisotopic (exact) mass is 847 g/mol. The van der Waals surface area contributed by atoms with Crippen molar-refractivity contribution in [2.24, 2.45) is 0 Å². The third kappa shape index (κ3) is 5.81. The molecule has 0 saturated carbocycles. The van der Waals surface area contributed by atoms with Gasteiger partial charge in [-0.3, -0.25) is 0 Å². The summed E-state index contributed by atoms with van der Waals surface area (Å²) in [6.07, 6.45) is 11.7. The van der Waals surface area contributed by atoms with Crippen LogP contribution in [0.3, 0.4) is 0 Å². The van der Waals surface area contributed by atoms with E-state index in [1.165, 1.54) is 76.0 Å². The second kappa shape index (κ2) is 15.1. The van der Waals surface area contributed by atoms with Crippen LogP contribution in [0.2, 0.25) is 0 Å². The minimum Gasteiger partial charge on any atom is -0.456 e. The number of thiophene rings is 1. The van der Waals surface area contributed by atoms with Gasteiger partial charge in [0.2, 0.25) is 0 Å². The zero-order valence-electron chi connectivity index (χ0n) is 35.6. The van der Waals surface area contributed by atoms with Gasteiger partial charge in [0.05, 0.1) is 11.1 Å². The second-order valence-corrected chi connectivity index (χ2v) is 18.2. The Bertz CT molecular complexity index is 3740. The molecule has 3 aliphatic rings. The van der Waals surface area contributed by atoms with E-state index >= 15 is 0 Å². The molecule has 13 rings (SSSR count). The molecule has 2 nitrogen and oxygen atoms in total. The van der Waals surface area contributed by atoms with Crippen LogP contribution in [0.5, 0.6) is 0 Å². The highest BCUT2D eigenvalue weighted by Crippen LogP contribution is 2.62. The summed E-state index contributed by atoms with van der Waals surface area (Å²) in [5.74, 6) is 6.93. The number of benzene rings is 8. The highest BCUT2D eigenvalue weighted by molar-refractivity contribution is 7.26. The number of fused-ring (bicyclic) bond motifs is 9. The molecule has 0 radical (unpaired) electrons. The summed E-state index contributed by atoms with van der Waals surface area (Å²) in [6.45, 7) is 0. The zero-order valence-corrected chi connectivity index (χ0v) is 36.4. The number of hydrogen-bond acceptors (Lipinski definition) is 3. The lowest BCUT2D eigenvalue weighted by Gasteiger charge is -2.39. The second-order valence-electron chi connectivity index (χ2n) is 17.2. The van der Waals surface area contributed by atoms with Crippen molar-refractivity contribution >= 4 is 76.0 Å². The first-order valence-electron chi connectivity index (χ1n) is 22.5. The van der Waals surface area contributed by atoms with Crippen molar-refractivity contribution in [1.82, 2.24) is 0 Å². The van der Waals surface area contributed by atoms with E-state index in [2.05, 4.69) is 229 Å². The van der Waals surface area contributed by atoms with Gasteiger partial charge in [0.1, 0.15) is 11.2 Å². The largest absolute Gasteiger partial charge is 0.456 e. The average molecular weight is 848 g/mol. The van der Waals surface area contributed by atoms with Gasteiger partial charge in [-0.15, -0.1) is 11.3 Å². The van der Waals surface area contributed by atoms with Crippen molar-refractivity contribution in [1.29, 1.82) is 0 Å². The van der Waals surface area contributed by atoms with E-state index in [4.69, 9.17) is 4.42 Å². The summed E-state index contributed by atoms with van der Waals surface area (Å²) < 4.78 is 9.95. The molecule has 0 N–H and O–H groups in total. The lowest BCUT2D eigenvalue weighted by atomic mass is 9.66. The van der Waals surface area contributed by atoms with Gasteiger partial charge in [-0.25, -0.2) is 0 Å². The average Bonchev–Trinajstić information content (AvgIpc) is 3.96. The van der Waals surface area contributed by atoms with E-state index in [0.717, 1.165) is 51.7 Å². The Morgan fingerprint density at radius 2 is 1.29 bits per heavy atom. The standard InChI is InChI=1S/C62H41NOS/c1-4-17-41(18-5-1)42-31-35-45(36-32-42)63(46-37-33-43(34-38-46)47-25-16-26-53-51-24-12-15-30-58(51)65-61(47)53)56-40-39-52-50-23-11-14-29-57(50)64-60(52)59(56)62(44-19-6-2-7-20-44)54-27-9-3-8-21-48(54)49-22-10-13-28-55(49)62/h1-2,4-7,10-33,35-37,39-40H,8,34,38H2. The Labute approximate surface area is 382 Å². The Hall–Kier alpha value is -7.90. The molecule has 2 heterocycles. The number of anilines is 2. The highest BCUT2D eigenvalue weighted by atomic mass is 32.1. The van der Waals surface area contributed by atoms with Gasteiger partial charge in [0, 0.05) is 54.3 Å². The molecule has 2 aromatic heterocycles. The van der Waals surface area contributed by atoms with Crippen molar-refractivity contribution in [2.45, 2.75) is 24.7 Å². The summed E-state index contributed by atoms with van der Waals surface area (Å²) in [5, 5.41) is 4.86. The van der Waals surface area contributed by atoms with Gasteiger partial charge >= 0.3 is 0 Å². The summed E-state index contributed by atoms with van der Waals surface area (Å²) >= 11 is 1.90. The van der Waals surface area contributed by atoms with E-state index in [1.54, 1.807) is 0 Å². The van der Waals surface area contributed by atoms with Crippen LogP contribution in [-0.2, 0) is 5.41 Å². The van der Waals surface area contributed by atoms with E-state index < -0.39 is 5.41 Å². The molecule has 10 aromatic rings. The topological polar surface area (TPSA) is 16.4 Å². The molecule has 0 amide bonds. The highest BCUT2D eigenvalue weighted by Gasteiger charge is 2.51. The molecular weight excluding hydrogens is 807 g/mol. The summed E-state index contributed by atoms with van der Waals surface area (Å²) in [4.78, 5) is 2.53. The maximum Gasteiger partial charge on any atom is 0.142 e. The molecule has 306 valence electrons. The van der Waals surface area contributed by atoms with E-state index in [0.29, 0.717) is 6.42 Å². The van der Waals surface area contributed by atoms with Gasteiger partial charge in [0.25, 0.3) is 0 Å². The van der Waals surface area contributed by atoms with Crippen LogP contribution in [0.25, 0.3) is 64.4 Å². The van der Waals surface area contributed by atoms with Gasteiger partial charge in [-0.1, -0.05) is 176 Å². The fourth-order valence-corrected chi connectivity index (χ4v) is 12.2. The van der Waals surface area contributed by atoms with Crippen molar-refractivity contribution < 1.29 is 4.42 Å². The normalized spacial score (nSPS) is 16.6. The maximum absolute atomic E-state index is 7.26. The number of hydrogen-bond donors (Lipinski definition) is 0. The first-order valence-corrected chi connectivity index (χ1v) is 23.3. The lowest BCUT2D eigenvalue weighted by molar-refractivity contribution is 0.648. The van der Waals surface area contributed by atoms with Gasteiger partial charge in [-0.2, -0.15) is 0 Å². The van der Waals surface area contributed by atoms with E-state index in [1.807, 2.05) is 11.3 Å². The minimum absolute atomic E-state index is 0.687. The van der Waals surface area contributed by atoms with Crippen molar-refractivity contribution in [3.63, 3.8) is 0 Å². The quantitative estimate of drug-likeness (QED) is 0.149. The fourth-order valence-electron chi connectivity index (χ4n) is 10.9. The molecular formula is C62H41NOS. The third-order valence-corrected chi connectivity index (χ3v) is 15.0. The minimum atomic E-state index is -0.777. The molecule has 0 bridgehead atoms. The van der Waals surface area contributed by atoms with Crippen LogP contribution in [0, 0.1) is 11.8 Å².